The van der Waals surface area contributed by atoms with Gasteiger partial charge in [-0.1, -0.05) is 0 Å². The predicted molar refractivity (Wildman–Crippen MR) is 64.4 cm³/mol. The number of hydrogen-bond donors (Lipinski definition) is 4. The van der Waals surface area contributed by atoms with Crippen LogP contribution >= 0.6 is 0 Å². The van der Waals surface area contributed by atoms with Gasteiger partial charge in [0.25, 0.3) is 5.91 Å². The molecule has 6 heteroatoms. The Morgan fingerprint density at radius 2 is 1.88 bits per heavy atom. The lowest BCUT2D eigenvalue weighted by atomic mass is 10.0. The summed E-state index contributed by atoms with van der Waals surface area (Å²) in [4.78, 5) is 12.3. The minimum Gasteiger partial charge on any atom is -0.508 e. The zero-order valence-electron chi connectivity index (χ0n) is 10.0. The van der Waals surface area contributed by atoms with Crippen LogP contribution < -0.4 is 21.1 Å². The van der Waals surface area contributed by atoms with Crippen molar-refractivity contribution in [1.82, 2.24) is 16.1 Å². The van der Waals surface area contributed by atoms with E-state index in [4.69, 9.17) is 0 Å². The molecular weight excluding hydrogens is 220 g/mol. The fourth-order valence-corrected chi connectivity index (χ4v) is 2.24. The largest absolute Gasteiger partial charge is 0.508 e. The van der Waals surface area contributed by atoms with Crippen LogP contribution in [-0.4, -0.2) is 32.2 Å². The first-order valence-electron chi connectivity index (χ1n) is 5.34. The molecule has 0 saturated carbocycles. The monoisotopic (exact) mass is 236 g/mol. The summed E-state index contributed by atoms with van der Waals surface area (Å²) in [6, 6.07) is 4.85. The van der Waals surface area contributed by atoms with Gasteiger partial charge in [-0.25, -0.2) is 10.4 Å². The number of carbonyl (C=O) groups is 1. The maximum atomic E-state index is 12.3. The Hall–Kier alpha value is -1.63. The van der Waals surface area contributed by atoms with Crippen LogP contribution in [0.25, 0.3) is 0 Å². The first-order chi connectivity index (χ1) is 8.10. The molecule has 0 unspecified atom stereocenters. The number of rotatable bonds is 3. The quantitative estimate of drug-likeness (QED) is 0.531. The molecule has 92 valence electrons. The topological polar surface area (TPSA) is 76.6 Å². The van der Waals surface area contributed by atoms with Gasteiger partial charge in [0.2, 0.25) is 0 Å². The number of nitrogens with zero attached hydrogens (tertiary/aromatic N) is 1. The van der Waals surface area contributed by atoms with E-state index < -0.39 is 5.66 Å². The van der Waals surface area contributed by atoms with Crippen molar-refractivity contribution in [3.8, 4) is 5.75 Å². The zero-order valence-corrected chi connectivity index (χ0v) is 10.0. The molecule has 0 aliphatic carbocycles. The summed E-state index contributed by atoms with van der Waals surface area (Å²) < 4.78 is 0. The Balaban J connectivity index is 2.66. The number of aromatic hydroxyl groups is 1. The van der Waals surface area contributed by atoms with E-state index >= 15 is 0 Å². The van der Waals surface area contributed by atoms with Crippen molar-refractivity contribution in [3.63, 3.8) is 0 Å². The fraction of sp³-hybridized carbons (Fsp3) is 0.364. The van der Waals surface area contributed by atoms with Gasteiger partial charge in [-0.05, 0) is 26.2 Å². The average Bonchev–Trinajstić information content (AvgIpc) is 2.57. The summed E-state index contributed by atoms with van der Waals surface area (Å²) in [5.41, 5.74) is 3.28. The lowest BCUT2D eigenvalue weighted by Gasteiger charge is -2.27. The Kier molecular flexibility index (Phi) is 2.78. The number of amides is 1. The maximum Gasteiger partial charge on any atom is 0.281 e. The molecule has 1 amide bonds. The summed E-state index contributed by atoms with van der Waals surface area (Å²) in [6.45, 7) is 0. The summed E-state index contributed by atoms with van der Waals surface area (Å²) in [5, 5.41) is 16.9. The highest BCUT2D eigenvalue weighted by molar-refractivity contribution is 6.07. The third-order valence-electron chi connectivity index (χ3n) is 3.12. The molecule has 0 aromatic heterocycles. The molecular formula is C11H16N4O2. The van der Waals surface area contributed by atoms with E-state index in [9.17, 15) is 9.90 Å². The minimum absolute atomic E-state index is 0.125. The normalized spacial score (nSPS) is 17.4. The van der Waals surface area contributed by atoms with Crippen LogP contribution in [0.15, 0.2) is 18.2 Å². The first-order valence-corrected chi connectivity index (χ1v) is 5.34. The van der Waals surface area contributed by atoms with E-state index in [2.05, 4.69) is 16.1 Å². The molecule has 4 N–H and O–H groups in total. The van der Waals surface area contributed by atoms with Crippen LogP contribution in [0.4, 0.5) is 5.69 Å². The van der Waals surface area contributed by atoms with E-state index in [1.807, 2.05) is 0 Å². The number of carbonyl (C=O) groups excluding carboxylic acids is 1. The molecule has 0 atom stereocenters. The molecule has 1 aromatic rings. The van der Waals surface area contributed by atoms with Gasteiger partial charge in [-0.15, -0.1) is 0 Å². The Labute approximate surface area is 99.6 Å². The summed E-state index contributed by atoms with van der Waals surface area (Å²) >= 11 is 0. The predicted octanol–water partition coefficient (Wildman–Crippen LogP) is -0.535. The molecule has 0 radical (unpaired) electrons. The van der Waals surface area contributed by atoms with Crippen LogP contribution in [0, 0.1) is 0 Å². The van der Waals surface area contributed by atoms with Gasteiger partial charge in [0.15, 0.2) is 5.66 Å². The highest BCUT2D eigenvalue weighted by Gasteiger charge is 2.49. The van der Waals surface area contributed by atoms with Gasteiger partial charge in [-0.2, -0.15) is 0 Å². The van der Waals surface area contributed by atoms with E-state index in [0.717, 1.165) is 5.56 Å². The number of fused-ring (bicyclic) bond motifs is 1. The van der Waals surface area contributed by atoms with Gasteiger partial charge in [0.05, 0.1) is 5.69 Å². The molecule has 6 nitrogen and oxygen atoms in total. The molecule has 0 saturated heterocycles. The third-order valence-corrected chi connectivity index (χ3v) is 3.12. The molecule has 1 aliphatic rings. The van der Waals surface area contributed by atoms with Crippen LogP contribution in [0.5, 0.6) is 5.75 Å². The van der Waals surface area contributed by atoms with Crippen molar-refractivity contribution in [3.05, 3.63) is 23.8 Å². The lowest BCUT2D eigenvalue weighted by Crippen LogP contribution is -2.59. The SMILES string of the molecule is CNN1C(=O)C(NC)(NC)c2ccc(O)cc21. The van der Waals surface area contributed by atoms with Gasteiger partial charge in [-0.3, -0.25) is 15.4 Å². The summed E-state index contributed by atoms with van der Waals surface area (Å²) in [5.74, 6) is -0.0367. The Bertz CT molecular complexity index is 457. The molecule has 0 fully saturated rings. The average molecular weight is 236 g/mol. The van der Waals surface area contributed by atoms with E-state index in [1.165, 1.54) is 5.01 Å². The van der Waals surface area contributed by atoms with Crippen molar-refractivity contribution < 1.29 is 9.90 Å². The molecule has 1 aliphatic heterocycles. The minimum atomic E-state index is -0.952. The fourth-order valence-electron chi connectivity index (χ4n) is 2.24. The van der Waals surface area contributed by atoms with Crippen LogP contribution in [0.3, 0.4) is 0 Å². The number of nitrogens with one attached hydrogen (secondary N) is 3. The second kappa shape index (κ2) is 3.99. The number of anilines is 1. The van der Waals surface area contributed by atoms with Crippen molar-refractivity contribution in [1.29, 1.82) is 0 Å². The highest BCUT2D eigenvalue weighted by Crippen LogP contribution is 2.39. The molecule has 17 heavy (non-hydrogen) atoms. The molecule has 0 spiro atoms. The van der Waals surface area contributed by atoms with Crippen LogP contribution in [0.2, 0.25) is 0 Å². The Morgan fingerprint density at radius 1 is 1.24 bits per heavy atom. The maximum absolute atomic E-state index is 12.3. The van der Waals surface area contributed by atoms with Crippen LogP contribution in [0.1, 0.15) is 5.56 Å². The lowest BCUT2D eigenvalue weighted by molar-refractivity contribution is -0.125. The van der Waals surface area contributed by atoms with Gasteiger partial charge >= 0.3 is 0 Å². The number of hydrazine groups is 1. The molecule has 0 bridgehead atoms. The second-order valence-corrected chi connectivity index (χ2v) is 3.82. The third kappa shape index (κ3) is 1.42. The second-order valence-electron chi connectivity index (χ2n) is 3.82. The highest BCUT2D eigenvalue weighted by atomic mass is 16.3. The van der Waals surface area contributed by atoms with Crippen molar-refractivity contribution in [2.45, 2.75) is 5.66 Å². The number of hydrogen-bond acceptors (Lipinski definition) is 5. The van der Waals surface area contributed by atoms with Crippen LogP contribution in [-0.2, 0) is 10.5 Å². The summed E-state index contributed by atoms with van der Waals surface area (Å²) in [6.07, 6.45) is 0. The first kappa shape index (κ1) is 11.8. The smallest absolute Gasteiger partial charge is 0.281 e. The van der Waals surface area contributed by atoms with Gasteiger partial charge in [0.1, 0.15) is 5.75 Å². The number of phenols is 1. The van der Waals surface area contributed by atoms with Crippen molar-refractivity contribution in [2.24, 2.45) is 0 Å². The van der Waals surface area contributed by atoms with Crippen molar-refractivity contribution >= 4 is 11.6 Å². The van der Waals surface area contributed by atoms with Gasteiger partial charge in [0, 0.05) is 18.7 Å². The molecule has 1 heterocycles. The summed E-state index contributed by atoms with van der Waals surface area (Å²) in [7, 11) is 5.08. The van der Waals surface area contributed by atoms with E-state index in [0.29, 0.717) is 5.69 Å². The molecule has 1 aromatic carbocycles. The number of likely N-dealkylation sites (N-methyl/N-ethyl adjacent to an activating group) is 2. The number of benzene rings is 1. The van der Waals surface area contributed by atoms with Crippen molar-refractivity contribution in [2.75, 3.05) is 26.2 Å². The van der Waals surface area contributed by atoms with Gasteiger partial charge < -0.3 is 5.11 Å². The number of phenolic OH excluding ortho intramolecular Hbond substituents is 1. The standard InChI is InChI=1S/C11H16N4O2/c1-12-11(13-2)8-5-4-7(16)6-9(8)15(14-3)10(11)17/h4-6,12-14,16H,1-3H3. The molecule has 2 rings (SSSR count). The van der Waals surface area contributed by atoms with E-state index in [-0.39, 0.29) is 11.7 Å². The van der Waals surface area contributed by atoms with E-state index in [1.54, 1.807) is 39.3 Å². The zero-order chi connectivity index (χ0) is 12.6. The Morgan fingerprint density at radius 3 is 2.41 bits per heavy atom.